The fourth-order valence-electron chi connectivity index (χ4n) is 5.79. The van der Waals surface area contributed by atoms with Crippen LogP contribution in [-0.2, 0) is 18.4 Å². The van der Waals surface area contributed by atoms with Gasteiger partial charge in [-0.1, -0.05) is 85.6 Å². The molecule has 7 heteroatoms. The zero-order valence-electron chi connectivity index (χ0n) is 22.0. The summed E-state index contributed by atoms with van der Waals surface area (Å²) in [5, 5.41) is 7.25. The van der Waals surface area contributed by atoms with Crippen LogP contribution in [0.4, 0.5) is 11.8 Å². The molecule has 1 aromatic heterocycles. The molecule has 0 atom stereocenters. The largest absolute Gasteiger partial charge is 0.439 e. The van der Waals surface area contributed by atoms with Crippen molar-refractivity contribution in [3.63, 3.8) is 0 Å². The summed E-state index contributed by atoms with van der Waals surface area (Å²) in [4.78, 5) is 11.8. The monoisotopic (exact) mass is 535 g/mol. The van der Waals surface area contributed by atoms with Crippen LogP contribution in [0.2, 0.25) is 0 Å². The lowest BCUT2D eigenvalue weighted by molar-refractivity contribution is 0.435. The van der Waals surface area contributed by atoms with Crippen molar-refractivity contribution in [1.82, 2.24) is 15.3 Å². The maximum Gasteiger partial charge on any atom is 0.234 e. The van der Waals surface area contributed by atoms with Gasteiger partial charge in [-0.15, -0.1) is 0 Å². The summed E-state index contributed by atoms with van der Waals surface area (Å²) in [5.74, 6) is 2.44. The van der Waals surface area contributed by atoms with Crippen LogP contribution in [0.3, 0.4) is 0 Å². The van der Waals surface area contributed by atoms with Crippen molar-refractivity contribution in [2.24, 2.45) is 0 Å². The Labute approximate surface area is 235 Å². The predicted molar refractivity (Wildman–Crippen MR) is 161 cm³/mol. The molecule has 0 amide bonds. The van der Waals surface area contributed by atoms with E-state index in [1.54, 1.807) is 0 Å². The normalized spacial score (nSPS) is 15.8. The fraction of sp³-hybridized carbons (Fsp3) is 0.281. The standard InChI is InChI=1S/C32H33N5OS/c39-31(33-23-32(18-9-10-19-32)26-13-3-1-4-14-26)36-30-34-28(21-29(35-30)38-27-15-5-2-6-16-27)37-20-17-24-11-7-8-12-25(24)22-37/h1-8,11-16,21H,9-10,17-20,22-23H2,(H2,33,34,35,36,39). The second-order valence-electron chi connectivity index (χ2n) is 10.4. The third-order valence-corrected chi connectivity index (χ3v) is 8.12. The van der Waals surface area contributed by atoms with E-state index in [9.17, 15) is 0 Å². The summed E-state index contributed by atoms with van der Waals surface area (Å²) in [5.41, 5.74) is 4.19. The second kappa shape index (κ2) is 11.4. The van der Waals surface area contributed by atoms with Crippen molar-refractivity contribution >= 4 is 29.1 Å². The number of nitrogens with zero attached hydrogens (tertiary/aromatic N) is 3. The molecule has 4 aromatic rings. The van der Waals surface area contributed by atoms with E-state index in [1.807, 2.05) is 36.4 Å². The molecule has 1 aliphatic heterocycles. The summed E-state index contributed by atoms with van der Waals surface area (Å²) in [6.45, 7) is 2.44. The van der Waals surface area contributed by atoms with Gasteiger partial charge >= 0.3 is 0 Å². The lowest BCUT2D eigenvalue weighted by Crippen LogP contribution is -2.41. The van der Waals surface area contributed by atoms with Crippen molar-refractivity contribution in [2.45, 2.75) is 44.1 Å². The summed E-state index contributed by atoms with van der Waals surface area (Å²) in [7, 11) is 0. The number of hydrogen-bond acceptors (Lipinski definition) is 5. The highest BCUT2D eigenvalue weighted by molar-refractivity contribution is 7.80. The first-order chi connectivity index (χ1) is 19.2. The fourth-order valence-corrected chi connectivity index (χ4v) is 5.95. The van der Waals surface area contributed by atoms with Crippen molar-refractivity contribution in [2.75, 3.05) is 23.3 Å². The van der Waals surface area contributed by atoms with Gasteiger partial charge in [0.2, 0.25) is 11.8 Å². The van der Waals surface area contributed by atoms with Crippen LogP contribution in [0.1, 0.15) is 42.4 Å². The van der Waals surface area contributed by atoms with Crippen molar-refractivity contribution in [3.05, 3.63) is 108 Å². The molecule has 6 nitrogen and oxygen atoms in total. The predicted octanol–water partition coefficient (Wildman–Crippen LogP) is 6.63. The van der Waals surface area contributed by atoms with E-state index in [2.05, 4.69) is 75.1 Å². The number of fused-ring (bicyclic) bond motifs is 1. The Balaban J connectivity index is 1.21. The zero-order valence-corrected chi connectivity index (χ0v) is 22.8. The van der Waals surface area contributed by atoms with Crippen LogP contribution in [0.25, 0.3) is 0 Å². The maximum absolute atomic E-state index is 6.14. The number of nitrogens with one attached hydrogen (secondary N) is 2. The maximum atomic E-state index is 6.14. The van der Waals surface area contributed by atoms with Gasteiger partial charge in [-0.3, -0.25) is 0 Å². The van der Waals surface area contributed by atoms with Crippen LogP contribution in [0.5, 0.6) is 11.6 Å². The molecule has 1 fully saturated rings. The number of benzene rings is 3. The number of ether oxygens (including phenoxy) is 1. The van der Waals surface area contributed by atoms with E-state index in [0.29, 0.717) is 16.9 Å². The first kappa shape index (κ1) is 25.3. The van der Waals surface area contributed by atoms with Crippen LogP contribution in [-0.4, -0.2) is 28.2 Å². The molecule has 0 radical (unpaired) electrons. The van der Waals surface area contributed by atoms with Crippen LogP contribution in [0.15, 0.2) is 91.0 Å². The van der Waals surface area contributed by atoms with Gasteiger partial charge in [-0.2, -0.15) is 9.97 Å². The van der Waals surface area contributed by atoms with E-state index in [1.165, 1.54) is 29.5 Å². The average Bonchev–Trinajstić information content (AvgIpc) is 3.47. The molecule has 2 heterocycles. The Morgan fingerprint density at radius 3 is 2.33 bits per heavy atom. The third kappa shape index (κ3) is 5.88. The smallest absolute Gasteiger partial charge is 0.234 e. The average molecular weight is 536 g/mol. The van der Waals surface area contributed by atoms with Crippen LogP contribution < -0.4 is 20.3 Å². The Morgan fingerprint density at radius 2 is 1.56 bits per heavy atom. The molecule has 198 valence electrons. The minimum absolute atomic E-state index is 0.0957. The summed E-state index contributed by atoms with van der Waals surface area (Å²) < 4.78 is 6.14. The number of hydrogen-bond donors (Lipinski definition) is 2. The van der Waals surface area contributed by atoms with Gasteiger partial charge < -0.3 is 20.3 Å². The Morgan fingerprint density at radius 1 is 0.872 bits per heavy atom. The highest BCUT2D eigenvalue weighted by Crippen LogP contribution is 2.40. The van der Waals surface area contributed by atoms with Crippen molar-refractivity contribution < 1.29 is 4.74 Å². The summed E-state index contributed by atoms with van der Waals surface area (Å²) in [6.07, 6.45) is 5.76. The van der Waals surface area contributed by atoms with Gasteiger partial charge in [0.1, 0.15) is 11.6 Å². The van der Waals surface area contributed by atoms with E-state index in [4.69, 9.17) is 21.9 Å². The molecule has 6 rings (SSSR count). The van der Waals surface area contributed by atoms with Gasteiger partial charge in [0.15, 0.2) is 5.11 Å². The van der Waals surface area contributed by atoms with Crippen LogP contribution >= 0.6 is 12.2 Å². The number of thiocarbonyl (C=S) groups is 1. The van der Waals surface area contributed by atoms with Gasteiger partial charge in [-0.05, 0) is 60.3 Å². The molecule has 39 heavy (non-hydrogen) atoms. The van der Waals surface area contributed by atoms with E-state index >= 15 is 0 Å². The van der Waals surface area contributed by atoms with E-state index in [0.717, 1.165) is 50.5 Å². The lowest BCUT2D eigenvalue weighted by Gasteiger charge is -2.31. The molecule has 0 saturated heterocycles. The lowest BCUT2D eigenvalue weighted by atomic mass is 9.79. The minimum atomic E-state index is 0.0957. The quantitative estimate of drug-likeness (QED) is 0.258. The number of anilines is 2. The molecule has 2 aliphatic rings. The Kier molecular flexibility index (Phi) is 7.41. The first-order valence-corrected chi connectivity index (χ1v) is 14.1. The number of aromatic nitrogens is 2. The minimum Gasteiger partial charge on any atom is -0.439 e. The first-order valence-electron chi connectivity index (χ1n) is 13.7. The van der Waals surface area contributed by atoms with Crippen LogP contribution in [0, 0.1) is 0 Å². The summed E-state index contributed by atoms with van der Waals surface area (Å²) >= 11 is 5.74. The van der Waals surface area contributed by atoms with Gasteiger partial charge in [-0.25, -0.2) is 0 Å². The highest BCUT2D eigenvalue weighted by atomic mass is 32.1. The number of para-hydroxylation sites is 1. The molecule has 1 aliphatic carbocycles. The SMILES string of the molecule is S=C(NCC1(c2ccccc2)CCCC1)Nc1nc(Oc2ccccc2)cc(N2CCc3ccccc3C2)n1. The van der Waals surface area contributed by atoms with Gasteiger partial charge in [0, 0.05) is 31.1 Å². The van der Waals surface area contributed by atoms with Gasteiger partial charge in [0.05, 0.1) is 0 Å². The van der Waals surface area contributed by atoms with Gasteiger partial charge in [0.25, 0.3) is 0 Å². The van der Waals surface area contributed by atoms with E-state index < -0.39 is 0 Å². The van der Waals surface area contributed by atoms with E-state index in [-0.39, 0.29) is 5.41 Å². The Bertz CT molecular complexity index is 1420. The molecule has 3 aromatic carbocycles. The molecule has 0 spiro atoms. The zero-order chi connectivity index (χ0) is 26.5. The molecular formula is C32H33N5OS. The third-order valence-electron chi connectivity index (χ3n) is 7.87. The highest BCUT2D eigenvalue weighted by Gasteiger charge is 2.35. The molecular weight excluding hydrogens is 502 g/mol. The molecule has 0 unspecified atom stereocenters. The van der Waals surface area contributed by atoms with Crippen molar-refractivity contribution in [3.8, 4) is 11.6 Å². The topological polar surface area (TPSA) is 62.3 Å². The molecule has 1 saturated carbocycles. The number of rotatable bonds is 7. The molecule has 2 N–H and O–H groups in total. The Hall–Kier alpha value is -3.97. The second-order valence-corrected chi connectivity index (χ2v) is 10.8. The summed E-state index contributed by atoms with van der Waals surface area (Å²) in [6, 6.07) is 31.0. The van der Waals surface area contributed by atoms with Crippen molar-refractivity contribution in [1.29, 1.82) is 0 Å². The molecule has 0 bridgehead atoms.